The molecule has 42 heavy (non-hydrogen) atoms. The van der Waals surface area contributed by atoms with Gasteiger partial charge in [-0.05, 0) is 40.5 Å². The van der Waals surface area contributed by atoms with Crippen molar-refractivity contribution < 1.29 is 0 Å². The summed E-state index contributed by atoms with van der Waals surface area (Å²) in [5.41, 5.74) is 10.8. The standard InChI is InChI=1S/C37H25N5/c1-37(2)27-16-8-6-13-23(27)30-25-15-10-19-39-34(25)31-26-21-38-20-18-29(26)42(35(31)32(30)37)36-40-28-17-9-7-14-24(28)33(41-36)22-11-4-3-5-12-22/h3-21H,1-2H3. The number of benzene rings is 4. The van der Waals surface area contributed by atoms with Crippen LogP contribution in [0.4, 0.5) is 0 Å². The van der Waals surface area contributed by atoms with Gasteiger partial charge in [0.25, 0.3) is 0 Å². The quantitative estimate of drug-likeness (QED) is 0.221. The summed E-state index contributed by atoms with van der Waals surface area (Å²) in [6.07, 6.45) is 5.70. The van der Waals surface area contributed by atoms with Crippen LogP contribution in [0, 0.1) is 0 Å². The van der Waals surface area contributed by atoms with Crippen molar-refractivity contribution in [1.82, 2.24) is 24.5 Å². The zero-order chi connectivity index (χ0) is 28.0. The zero-order valence-electron chi connectivity index (χ0n) is 23.2. The van der Waals surface area contributed by atoms with Gasteiger partial charge in [0, 0.05) is 51.1 Å². The molecule has 0 bridgehead atoms. The van der Waals surface area contributed by atoms with Crippen molar-refractivity contribution in [2.75, 3.05) is 0 Å². The van der Waals surface area contributed by atoms with Crippen molar-refractivity contribution in [2.45, 2.75) is 19.3 Å². The van der Waals surface area contributed by atoms with E-state index in [2.05, 4.69) is 96.2 Å². The lowest BCUT2D eigenvalue weighted by molar-refractivity contribution is 0.664. The van der Waals surface area contributed by atoms with Gasteiger partial charge in [0.05, 0.1) is 27.8 Å². The van der Waals surface area contributed by atoms with E-state index < -0.39 is 0 Å². The molecule has 4 aromatic heterocycles. The van der Waals surface area contributed by atoms with Crippen LogP contribution in [0.1, 0.15) is 25.0 Å². The second kappa shape index (κ2) is 8.30. The lowest BCUT2D eigenvalue weighted by atomic mass is 9.81. The monoisotopic (exact) mass is 539 g/mol. The molecule has 0 radical (unpaired) electrons. The van der Waals surface area contributed by atoms with Crippen LogP contribution in [0.15, 0.2) is 116 Å². The SMILES string of the molecule is CC1(C)c2ccccc2-c2c1c1c(c3cnccc3n1-c1nc(-c3ccccc3)c3ccccc3n1)c1ncccc21. The summed E-state index contributed by atoms with van der Waals surface area (Å²) in [4.78, 5) is 20.1. The molecule has 0 atom stereocenters. The molecule has 0 N–H and O–H groups in total. The lowest BCUT2D eigenvalue weighted by Crippen LogP contribution is -2.17. The predicted octanol–water partition coefficient (Wildman–Crippen LogP) is 8.64. The van der Waals surface area contributed by atoms with Gasteiger partial charge in [0.2, 0.25) is 5.95 Å². The number of para-hydroxylation sites is 1. The van der Waals surface area contributed by atoms with Crippen molar-refractivity contribution in [3.63, 3.8) is 0 Å². The molecule has 198 valence electrons. The van der Waals surface area contributed by atoms with Gasteiger partial charge >= 0.3 is 0 Å². The van der Waals surface area contributed by atoms with Crippen molar-refractivity contribution in [2.24, 2.45) is 0 Å². The maximum atomic E-state index is 5.33. The van der Waals surface area contributed by atoms with Gasteiger partial charge in [-0.2, -0.15) is 0 Å². The van der Waals surface area contributed by atoms with Gasteiger partial charge in [-0.3, -0.25) is 14.5 Å². The Morgan fingerprint density at radius 2 is 1.48 bits per heavy atom. The van der Waals surface area contributed by atoms with E-state index in [1.807, 2.05) is 42.9 Å². The topological polar surface area (TPSA) is 56.5 Å². The third-order valence-electron chi connectivity index (χ3n) is 8.90. The summed E-state index contributed by atoms with van der Waals surface area (Å²) < 4.78 is 2.26. The molecule has 8 aromatic rings. The molecule has 0 saturated carbocycles. The van der Waals surface area contributed by atoms with E-state index in [-0.39, 0.29) is 5.41 Å². The minimum absolute atomic E-state index is 0.257. The predicted molar refractivity (Wildman–Crippen MR) is 170 cm³/mol. The van der Waals surface area contributed by atoms with E-state index in [0.717, 1.165) is 54.9 Å². The largest absolute Gasteiger partial charge is 0.277 e. The normalized spacial score (nSPS) is 13.7. The van der Waals surface area contributed by atoms with Crippen LogP contribution in [-0.4, -0.2) is 24.5 Å². The van der Waals surface area contributed by atoms with Crippen LogP contribution >= 0.6 is 0 Å². The highest BCUT2D eigenvalue weighted by atomic mass is 15.2. The number of fused-ring (bicyclic) bond motifs is 11. The number of rotatable bonds is 2. The van der Waals surface area contributed by atoms with Crippen LogP contribution in [0.3, 0.4) is 0 Å². The fourth-order valence-corrected chi connectivity index (χ4v) is 7.13. The van der Waals surface area contributed by atoms with Crippen LogP contribution in [-0.2, 0) is 5.41 Å². The van der Waals surface area contributed by atoms with E-state index in [1.165, 1.54) is 22.3 Å². The average molecular weight is 540 g/mol. The Morgan fingerprint density at radius 3 is 2.38 bits per heavy atom. The molecule has 0 unspecified atom stereocenters. The minimum Gasteiger partial charge on any atom is -0.277 e. The van der Waals surface area contributed by atoms with Gasteiger partial charge in [0.1, 0.15) is 0 Å². The maximum Gasteiger partial charge on any atom is 0.235 e. The van der Waals surface area contributed by atoms with Crippen molar-refractivity contribution >= 4 is 43.6 Å². The summed E-state index contributed by atoms with van der Waals surface area (Å²) >= 11 is 0. The third kappa shape index (κ3) is 2.97. The summed E-state index contributed by atoms with van der Waals surface area (Å²) in [7, 11) is 0. The fraction of sp³-hybridized carbons (Fsp3) is 0.0811. The Morgan fingerprint density at radius 1 is 0.690 bits per heavy atom. The Balaban J connectivity index is 1.53. The van der Waals surface area contributed by atoms with Crippen molar-refractivity contribution in [3.05, 3.63) is 127 Å². The highest BCUT2D eigenvalue weighted by Gasteiger charge is 2.40. The first-order valence-corrected chi connectivity index (χ1v) is 14.2. The number of pyridine rings is 2. The average Bonchev–Trinajstić information content (AvgIpc) is 3.50. The molecule has 0 fully saturated rings. The maximum absolute atomic E-state index is 5.33. The van der Waals surface area contributed by atoms with E-state index in [9.17, 15) is 0 Å². The van der Waals surface area contributed by atoms with Gasteiger partial charge < -0.3 is 0 Å². The molecule has 5 heteroatoms. The zero-order valence-corrected chi connectivity index (χ0v) is 23.2. The van der Waals surface area contributed by atoms with Gasteiger partial charge in [-0.1, -0.05) is 92.7 Å². The Kier molecular flexibility index (Phi) is 4.61. The first-order chi connectivity index (χ1) is 20.6. The minimum atomic E-state index is -0.257. The van der Waals surface area contributed by atoms with Gasteiger partial charge in [0.15, 0.2) is 0 Å². The number of aromatic nitrogens is 5. The van der Waals surface area contributed by atoms with Crippen LogP contribution in [0.5, 0.6) is 0 Å². The molecule has 0 aliphatic heterocycles. The summed E-state index contributed by atoms with van der Waals surface area (Å²) in [6.45, 7) is 4.66. The first kappa shape index (κ1) is 23.3. The van der Waals surface area contributed by atoms with E-state index >= 15 is 0 Å². The third-order valence-corrected chi connectivity index (χ3v) is 8.90. The summed E-state index contributed by atoms with van der Waals surface area (Å²) in [5, 5.41) is 4.32. The molecule has 0 saturated heterocycles. The van der Waals surface area contributed by atoms with Gasteiger partial charge in [-0.25, -0.2) is 9.97 Å². The number of hydrogen-bond donors (Lipinski definition) is 0. The summed E-state index contributed by atoms with van der Waals surface area (Å²) in [6, 6.07) is 33.8. The number of hydrogen-bond acceptors (Lipinski definition) is 4. The van der Waals surface area contributed by atoms with Crippen LogP contribution in [0.2, 0.25) is 0 Å². The molecule has 0 amide bonds. The van der Waals surface area contributed by atoms with Gasteiger partial charge in [-0.15, -0.1) is 0 Å². The van der Waals surface area contributed by atoms with E-state index in [4.69, 9.17) is 15.0 Å². The fourth-order valence-electron chi connectivity index (χ4n) is 7.13. The first-order valence-electron chi connectivity index (χ1n) is 14.2. The van der Waals surface area contributed by atoms with Crippen LogP contribution < -0.4 is 0 Å². The van der Waals surface area contributed by atoms with Crippen molar-refractivity contribution in [1.29, 1.82) is 0 Å². The van der Waals surface area contributed by atoms with E-state index in [0.29, 0.717) is 5.95 Å². The molecule has 1 aliphatic carbocycles. The molecular weight excluding hydrogens is 514 g/mol. The molecule has 1 aliphatic rings. The smallest absolute Gasteiger partial charge is 0.235 e. The summed E-state index contributed by atoms with van der Waals surface area (Å²) in [5.74, 6) is 0.642. The molecule has 4 aromatic carbocycles. The molecule has 5 nitrogen and oxygen atoms in total. The molecule has 4 heterocycles. The Hall–Kier alpha value is -5.42. The highest BCUT2D eigenvalue weighted by molar-refractivity contribution is 6.25. The Bertz CT molecular complexity index is 2380. The molecule has 9 rings (SSSR count). The molecular formula is C37H25N5. The number of nitrogens with zero attached hydrogens (tertiary/aromatic N) is 5. The highest BCUT2D eigenvalue weighted by Crippen LogP contribution is 2.55. The van der Waals surface area contributed by atoms with E-state index in [1.54, 1.807) is 0 Å². The second-order valence-corrected chi connectivity index (χ2v) is 11.5. The van der Waals surface area contributed by atoms with Crippen LogP contribution in [0.25, 0.3) is 71.9 Å². The lowest BCUT2D eigenvalue weighted by Gasteiger charge is -2.24. The second-order valence-electron chi connectivity index (χ2n) is 11.5. The molecule has 0 spiro atoms. The Labute approximate surface area is 242 Å². The van der Waals surface area contributed by atoms with Crippen molar-refractivity contribution in [3.8, 4) is 28.3 Å².